The number of rotatable bonds is 12. The molecule has 2 aromatic carbocycles. The topological polar surface area (TPSA) is 63.7 Å². The van der Waals surface area contributed by atoms with Gasteiger partial charge in [0.25, 0.3) is 5.91 Å². The van der Waals surface area contributed by atoms with Crippen molar-refractivity contribution in [2.45, 2.75) is 71.9 Å². The zero-order valence-electron chi connectivity index (χ0n) is 19.1. The first kappa shape index (κ1) is 24.9. The monoisotopic (exact) mass is 445 g/mol. The molecule has 5 nitrogen and oxygen atoms in total. The largest absolute Gasteiger partial charge is 0.383 e. The Bertz CT molecular complexity index is 938. The Balaban J connectivity index is 2.13. The molecule has 0 spiro atoms. The Morgan fingerprint density at radius 1 is 1.00 bits per heavy atom. The number of aryl methyl sites for hydroxylation is 1. The third kappa shape index (κ3) is 8.37. The third-order valence-corrected chi connectivity index (χ3v) is 5.90. The highest BCUT2D eigenvalue weighted by Crippen LogP contribution is 2.20. The smallest absolute Gasteiger partial charge is 0.306 e. The minimum atomic E-state index is -3.60. The molecule has 0 bridgehead atoms. The van der Waals surface area contributed by atoms with Gasteiger partial charge in [0.2, 0.25) is 0 Å². The van der Waals surface area contributed by atoms with Crippen LogP contribution in [0, 0.1) is 0 Å². The van der Waals surface area contributed by atoms with E-state index in [1.54, 1.807) is 18.2 Å². The van der Waals surface area contributed by atoms with E-state index in [4.69, 9.17) is 4.18 Å². The second-order valence-corrected chi connectivity index (χ2v) is 9.71. The van der Waals surface area contributed by atoms with E-state index < -0.39 is 10.1 Å². The number of carbonyl (C=O) groups is 1. The van der Waals surface area contributed by atoms with Crippen LogP contribution < -0.4 is 4.18 Å². The molecule has 31 heavy (non-hydrogen) atoms. The minimum absolute atomic E-state index is 0.0266. The molecule has 0 aliphatic rings. The summed E-state index contributed by atoms with van der Waals surface area (Å²) in [6, 6.07) is 14.8. The van der Waals surface area contributed by atoms with Crippen molar-refractivity contribution in [3.63, 3.8) is 0 Å². The normalized spacial score (nSPS) is 12.4. The summed E-state index contributed by atoms with van der Waals surface area (Å²) in [7, 11) is -3.60. The molecule has 1 unspecified atom stereocenters. The van der Waals surface area contributed by atoms with E-state index in [1.807, 2.05) is 36.9 Å². The summed E-state index contributed by atoms with van der Waals surface area (Å²) in [5, 5.41) is 0. The van der Waals surface area contributed by atoms with Crippen molar-refractivity contribution in [3.8, 4) is 5.75 Å². The predicted octanol–water partition coefficient (Wildman–Crippen LogP) is 5.59. The van der Waals surface area contributed by atoms with Gasteiger partial charge in [-0.3, -0.25) is 4.79 Å². The molecule has 6 heteroatoms. The summed E-state index contributed by atoms with van der Waals surface area (Å²) in [5.41, 5.74) is 2.75. The maximum absolute atomic E-state index is 13.3. The Morgan fingerprint density at radius 2 is 1.71 bits per heavy atom. The van der Waals surface area contributed by atoms with Crippen LogP contribution in [0.3, 0.4) is 0 Å². The van der Waals surface area contributed by atoms with Crippen LogP contribution in [0.15, 0.2) is 48.5 Å². The van der Waals surface area contributed by atoms with Crippen molar-refractivity contribution in [2.24, 2.45) is 0 Å². The average Bonchev–Trinajstić information content (AvgIpc) is 2.73. The molecule has 0 aliphatic heterocycles. The first-order valence-electron chi connectivity index (χ1n) is 11.1. The lowest BCUT2D eigenvalue weighted by Crippen LogP contribution is -2.37. The Kier molecular flexibility index (Phi) is 9.56. The molecule has 0 saturated carbocycles. The number of carbonyl (C=O) groups excluding carboxylic acids is 1. The van der Waals surface area contributed by atoms with Crippen LogP contribution in [0.1, 0.15) is 74.4 Å². The molecule has 0 fully saturated rings. The molecule has 0 N–H and O–H groups in total. The highest BCUT2D eigenvalue weighted by Gasteiger charge is 2.21. The van der Waals surface area contributed by atoms with Gasteiger partial charge in [-0.05, 0) is 61.6 Å². The van der Waals surface area contributed by atoms with Gasteiger partial charge in [-0.1, -0.05) is 57.4 Å². The molecule has 1 atom stereocenters. The molecular weight excluding hydrogens is 410 g/mol. The van der Waals surface area contributed by atoms with Crippen LogP contribution in [-0.2, 0) is 23.1 Å². The van der Waals surface area contributed by atoms with Gasteiger partial charge in [0.1, 0.15) is 5.75 Å². The molecule has 170 valence electrons. The van der Waals surface area contributed by atoms with Gasteiger partial charge in [-0.15, -0.1) is 0 Å². The van der Waals surface area contributed by atoms with E-state index in [2.05, 4.69) is 19.1 Å². The fourth-order valence-electron chi connectivity index (χ4n) is 3.45. The summed E-state index contributed by atoms with van der Waals surface area (Å²) >= 11 is 0. The van der Waals surface area contributed by atoms with Crippen LogP contribution in [0.2, 0.25) is 0 Å². The van der Waals surface area contributed by atoms with Crippen molar-refractivity contribution in [2.75, 3.05) is 6.26 Å². The lowest BCUT2D eigenvalue weighted by Gasteiger charge is -2.29. The second-order valence-electron chi connectivity index (χ2n) is 8.13. The SMILES string of the molecule is CCCCCCc1ccc(C(=O)N(Cc2cccc(OS(C)(=O)=O)c2)C(C)CC)cc1. The van der Waals surface area contributed by atoms with Gasteiger partial charge in [0.15, 0.2) is 0 Å². The summed E-state index contributed by atoms with van der Waals surface area (Å²) in [6.45, 7) is 6.66. The number of benzene rings is 2. The Morgan fingerprint density at radius 3 is 2.32 bits per heavy atom. The lowest BCUT2D eigenvalue weighted by molar-refractivity contribution is 0.0671. The first-order chi connectivity index (χ1) is 14.7. The van der Waals surface area contributed by atoms with Crippen molar-refractivity contribution in [1.29, 1.82) is 0 Å². The van der Waals surface area contributed by atoms with Gasteiger partial charge in [0, 0.05) is 18.2 Å². The van der Waals surface area contributed by atoms with E-state index in [9.17, 15) is 13.2 Å². The maximum atomic E-state index is 13.3. The second kappa shape index (κ2) is 11.9. The third-order valence-electron chi connectivity index (χ3n) is 5.40. The lowest BCUT2D eigenvalue weighted by atomic mass is 10.0. The minimum Gasteiger partial charge on any atom is -0.383 e. The molecule has 1 amide bonds. The summed E-state index contributed by atoms with van der Waals surface area (Å²) < 4.78 is 27.8. The number of nitrogens with zero attached hydrogens (tertiary/aromatic N) is 1. The van der Waals surface area contributed by atoms with Gasteiger partial charge in [0.05, 0.1) is 6.26 Å². The average molecular weight is 446 g/mol. The first-order valence-corrected chi connectivity index (χ1v) is 12.9. The zero-order chi connectivity index (χ0) is 22.9. The van der Waals surface area contributed by atoms with Crippen LogP contribution in [0.5, 0.6) is 5.75 Å². The Hall–Kier alpha value is -2.34. The van der Waals surface area contributed by atoms with Gasteiger partial charge in [-0.2, -0.15) is 8.42 Å². The summed E-state index contributed by atoms with van der Waals surface area (Å²) in [5.74, 6) is 0.227. The molecule has 2 rings (SSSR count). The highest BCUT2D eigenvalue weighted by molar-refractivity contribution is 7.86. The highest BCUT2D eigenvalue weighted by atomic mass is 32.2. The zero-order valence-corrected chi connectivity index (χ0v) is 20.0. The van der Waals surface area contributed by atoms with Crippen molar-refractivity contribution in [1.82, 2.24) is 4.90 Å². The molecule has 0 saturated heterocycles. The van der Waals surface area contributed by atoms with Crippen molar-refractivity contribution in [3.05, 3.63) is 65.2 Å². The van der Waals surface area contributed by atoms with Crippen LogP contribution in [0.25, 0.3) is 0 Å². The van der Waals surface area contributed by atoms with Crippen LogP contribution >= 0.6 is 0 Å². The quantitative estimate of drug-likeness (QED) is 0.316. The maximum Gasteiger partial charge on any atom is 0.306 e. The summed E-state index contributed by atoms with van der Waals surface area (Å²) in [6.07, 6.45) is 7.77. The fraction of sp³-hybridized carbons (Fsp3) is 0.480. The number of hydrogen-bond acceptors (Lipinski definition) is 4. The number of hydrogen-bond donors (Lipinski definition) is 0. The van der Waals surface area contributed by atoms with Gasteiger partial charge >= 0.3 is 10.1 Å². The molecular formula is C25H35NO4S. The molecule has 0 radical (unpaired) electrons. The van der Waals surface area contributed by atoms with E-state index in [0.29, 0.717) is 12.1 Å². The van der Waals surface area contributed by atoms with E-state index in [-0.39, 0.29) is 17.7 Å². The van der Waals surface area contributed by atoms with Crippen molar-refractivity contribution >= 4 is 16.0 Å². The summed E-state index contributed by atoms with van der Waals surface area (Å²) in [4.78, 5) is 15.1. The Labute approximate surface area is 187 Å². The molecule has 0 aromatic heterocycles. The predicted molar refractivity (Wildman–Crippen MR) is 126 cm³/mol. The number of unbranched alkanes of at least 4 members (excludes halogenated alkanes) is 3. The standard InChI is InChI=1S/C25H35NO4S/c1-5-7-8-9-11-21-14-16-23(17-15-21)25(27)26(20(3)6-2)19-22-12-10-13-24(18-22)30-31(4,28)29/h10,12-18,20H,5-9,11,19H2,1-4H3. The fourth-order valence-corrected chi connectivity index (χ4v) is 3.90. The van der Waals surface area contributed by atoms with E-state index in [1.165, 1.54) is 31.2 Å². The van der Waals surface area contributed by atoms with Crippen LogP contribution in [-0.4, -0.2) is 31.5 Å². The molecule has 0 aliphatic carbocycles. The molecule has 0 heterocycles. The van der Waals surface area contributed by atoms with E-state index >= 15 is 0 Å². The van der Waals surface area contributed by atoms with Gasteiger partial charge < -0.3 is 9.08 Å². The van der Waals surface area contributed by atoms with Crippen molar-refractivity contribution < 1.29 is 17.4 Å². The number of amides is 1. The van der Waals surface area contributed by atoms with E-state index in [0.717, 1.165) is 24.7 Å². The van der Waals surface area contributed by atoms with Crippen LogP contribution in [0.4, 0.5) is 0 Å². The van der Waals surface area contributed by atoms with Gasteiger partial charge in [-0.25, -0.2) is 0 Å². The molecule has 2 aromatic rings.